The van der Waals surface area contributed by atoms with Crippen molar-refractivity contribution in [3.8, 4) is 5.75 Å². The molecular formula is C27H25NO7. The second-order valence-electron chi connectivity index (χ2n) is 9.42. The number of hydrogen-bond donors (Lipinski definition) is 4. The molecule has 0 saturated heterocycles. The summed E-state index contributed by atoms with van der Waals surface area (Å²) in [6, 6.07) is 12.3. The van der Waals surface area contributed by atoms with Gasteiger partial charge in [0.05, 0.1) is 5.56 Å². The van der Waals surface area contributed by atoms with Crippen molar-refractivity contribution < 1.29 is 34.4 Å². The van der Waals surface area contributed by atoms with Crippen molar-refractivity contribution in [1.82, 2.24) is 0 Å². The highest BCUT2D eigenvalue weighted by Gasteiger charge is 2.61. The number of Topliss-reactive ketones (excluding diaryl/α,β-unsaturated/α-hetero) is 2. The minimum Gasteiger partial charge on any atom is -0.507 e. The number of aliphatic hydroxyl groups excluding tert-OH is 1. The van der Waals surface area contributed by atoms with Crippen LogP contribution in [0.25, 0.3) is 5.76 Å². The number of allylic oxidation sites excluding steroid dienone is 1. The number of nitrogens with two attached hydrogens (primary N) is 1. The van der Waals surface area contributed by atoms with Crippen LogP contribution in [-0.4, -0.2) is 38.4 Å². The zero-order valence-electron chi connectivity index (χ0n) is 19.1. The molecular weight excluding hydrogens is 450 g/mol. The molecule has 3 atom stereocenters. The molecule has 2 aromatic rings. The predicted octanol–water partition coefficient (Wildman–Crippen LogP) is 2.39. The van der Waals surface area contributed by atoms with Crippen molar-refractivity contribution in [3.63, 3.8) is 0 Å². The molecule has 5 N–H and O–H groups in total. The van der Waals surface area contributed by atoms with Crippen LogP contribution in [-0.2, 0) is 32.1 Å². The summed E-state index contributed by atoms with van der Waals surface area (Å²) >= 11 is 0. The molecule has 0 spiro atoms. The van der Waals surface area contributed by atoms with Crippen LogP contribution in [0, 0.1) is 18.8 Å². The molecule has 0 aliphatic heterocycles. The minimum absolute atomic E-state index is 0.0322. The van der Waals surface area contributed by atoms with Crippen LogP contribution in [0.15, 0.2) is 59.4 Å². The van der Waals surface area contributed by atoms with Gasteiger partial charge in [0.1, 0.15) is 29.4 Å². The van der Waals surface area contributed by atoms with Gasteiger partial charge < -0.3 is 25.8 Å². The van der Waals surface area contributed by atoms with Crippen LogP contribution in [0.5, 0.6) is 5.75 Å². The fraction of sp³-hybridized carbons (Fsp3) is 0.296. The van der Waals surface area contributed by atoms with Gasteiger partial charge in [-0.1, -0.05) is 36.4 Å². The number of amides is 1. The number of carbonyl (C=O) groups excluding carboxylic acids is 3. The Balaban J connectivity index is 1.57. The number of carbonyl (C=O) groups is 3. The van der Waals surface area contributed by atoms with E-state index in [9.17, 15) is 29.7 Å². The van der Waals surface area contributed by atoms with Gasteiger partial charge >= 0.3 is 0 Å². The molecule has 5 rings (SSSR count). The molecule has 0 heterocycles. The van der Waals surface area contributed by atoms with Crippen LogP contribution in [0.3, 0.4) is 0 Å². The Kier molecular flexibility index (Phi) is 5.29. The zero-order valence-corrected chi connectivity index (χ0v) is 19.1. The lowest BCUT2D eigenvalue weighted by Gasteiger charge is -2.46. The molecule has 35 heavy (non-hydrogen) atoms. The number of aromatic hydroxyl groups is 1. The molecule has 0 bridgehead atoms. The fourth-order valence-corrected chi connectivity index (χ4v) is 5.63. The summed E-state index contributed by atoms with van der Waals surface area (Å²) in [6.45, 7) is 1.93. The molecule has 1 fully saturated rings. The number of fused-ring (bicyclic) bond motifs is 3. The first-order valence-electron chi connectivity index (χ1n) is 11.4. The summed E-state index contributed by atoms with van der Waals surface area (Å²) in [6.07, 6.45) is 0.524. The summed E-state index contributed by atoms with van der Waals surface area (Å²) in [7, 11) is 0. The monoisotopic (exact) mass is 475 g/mol. The third-order valence-electron chi connectivity index (χ3n) is 7.41. The van der Waals surface area contributed by atoms with E-state index in [0.717, 1.165) is 11.1 Å². The molecule has 3 aliphatic carbocycles. The fourth-order valence-electron chi connectivity index (χ4n) is 5.63. The van der Waals surface area contributed by atoms with Crippen molar-refractivity contribution in [2.45, 2.75) is 38.4 Å². The molecule has 0 aromatic heterocycles. The average Bonchev–Trinajstić information content (AvgIpc) is 2.82. The zero-order chi connectivity index (χ0) is 25.1. The number of phenols is 1. The highest BCUT2D eigenvalue weighted by atomic mass is 16.5. The molecule has 1 amide bonds. The van der Waals surface area contributed by atoms with Crippen LogP contribution >= 0.6 is 0 Å². The van der Waals surface area contributed by atoms with E-state index in [4.69, 9.17) is 10.5 Å². The van der Waals surface area contributed by atoms with Gasteiger partial charge in [-0.3, -0.25) is 14.4 Å². The smallest absolute Gasteiger partial charge is 0.255 e. The summed E-state index contributed by atoms with van der Waals surface area (Å²) < 4.78 is 5.83. The first-order chi connectivity index (χ1) is 16.6. The van der Waals surface area contributed by atoms with E-state index < -0.39 is 46.2 Å². The molecule has 0 radical (unpaired) electrons. The molecule has 2 aromatic carbocycles. The van der Waals surface area contributed by atoms with Gasteiger partial charge in [-0.05, 0) is 48.4 Å². The normalized spacial score (nSPS) is 25.7. The predicted molar refractivity (Wildman–Crippen MR) is 125 cm³/mol. The summed E-state index contributed by atoms with van der Waals surface area (Å²) in [4.78, 5) is 39.3. The van der Waals surface area contributed by atoms with Crippen LogP contribution < -0.4 is 5.73 Å². The number of aliphatic hydroxyl groups is 2. The lowest BCUT2D eigenvalue weighted by atomic mass is 9.58. The van der Waals surface area contributed by atoms with Gasteiger partial charge in [0, 0.05) is 17.9 Å². The van der Waals surface area contributed by atoms with Crippen molar-refractivity contribution in [3.05, 3.63) is 81.6 Å². The van der Waals surface area contributed by atoms with Crippen LogP contribution in [0.1, 0.15) is 35.1 Å². The van der Waals surface area contributed by atoms with E-state index in [1.165, 1.54) is 6.07 Å². The van der Waals surface area contributed by atoms with Gasteiger partial charge in [-0.2, -0.15) is 0 Å². The van der Waals surface area contributed by atoms with Crippen molar-refractivity contribution >= 4 is 23.2 Å². The van der Waals surface area contributed by atoms with Crippen LogP contribution in [0.4, 0.5) is 0 Å². The number of phenolic OH excluding ortho intramolecular Hbond substituents is 1. The topological polar surface area (TPSA) is 147 Å². The molecule has 8 nitrogen and oxygen atoms in total. The van der Waals surface area contributed by atoms with E-state index >= 15 is 0 Å². The first kappa shape index (κ1) is 22.9. The Labute approximate surface area is 201 Å². The Morgan fingerprint density at radius 2 is 1.80 bits per heavy atom. The summed E-state index contributed by atoms with van der Waals surface area (Å²) in [5.41, 5.74) is 4.79. The SMILES string of the molecule is Cc1ccc(O)c2c1C[C@H]1C[C@H]3CC(OCc4ccccc4)=C(C(N)=O)C(=O)[C@@]3(O)C(=O)C1=C2O. The van der Waals surface area contributed by atoms with Gasteiger partial charge in [-0.15, -0.1) is 0 Å². The first-order valence-corrected chi connectivity index (χ1v) is 11.4. The molecule has 180 valence electrons. The maximum atomic E-state index is 13.6. The number of primary amides is 1. The quantitative estimate of drug-likeness (QED) is 0.392. The average molecular weight is 475 g/mol. The van der Waals surface area contributed by atoms with E-state index in [2.05, 4.69) is 0 Å². The van der Waals surface area contributed by atoms with E-state index in [1.54, 1.807) is 6.07 Å². The highest BCUT2D eigenvalue weighted by Crippen LogP contribution is 2.51. The highest BCUT2D eigenvalue weighted by molar-refractivity contribution is 6.32. The second-order valence-corrected chi connectivity index (χ2v) is 9.42. The van der Waals surface area contributed by atoms with Crippen molar-refractivity contribution in [1.29, 1.82) is 0 Å². The van der Waals surface area contributed by atoms with E-state index in [1.807, 2.05) is 37.3 Å². The lowest BCUT2D eigenvalue weighted by Crippen LogP contribution is -2.61. The molecule has 3 aliphatic rings. The van der Waals surface area contributed by atoms with Crippen LogP contribution in [0.2, 0.25) is 0 Å². The third kappa shape index (κ3) is 3.36. The number of ether oxygens (including phenoxy) is 1. The van der Waals surface area contributed by atoms with E-state index in [0.29, 0.717) is 12.0 Å². The Hall–Kier alpha value is -3.91. The number of ketones is 2. The van der Waals surface area contributed by atoms with Gasteiger partial charge in [0.15, 0.2) is 5.60 Å². The minimum atomic E-state index is -2.55. The van der Waals surface area contributed by atoms with E-state index in [-0.39, 0.29) is 42.1 Å². The second kappa shape index (κ2) is 8.09. The Bertz CT molecular complexity index is 1340. The Morgan fingerprint density at radius 3 is 2.49 bits per heavy atom. The third-order valence-corrected chi connectivity index (χ3v) is 7.41. The molecule has 0 unspecified atom stereocenters. The van der Waals surface area contributed by atoms with Gasteiger partial charge in [-0.25, -0.2) is 0 Å². The maximum absolute atomic E-state index is 13.6. The van der Waals surface area contributed by atoms with Crippen molar-refractivity contribution in [2.75, 3.05) is 0 Å². The molecule has 8 heteroatoms. The van der Waals surface area contributed by atoms with Gasteiger partial charge in [0.25, 0.3) is 5.91 Å². The number of hydrogen-bond acceptors (Lipinski definition) is 7. The number of rotatable bonds is 4. The number of benzene rings is 2. The largest absolute Gasteiger partial charge is 0.507 e. The lowest BCUT2D eigenvalue weighted by molar-refractivity contribution is -0.158. The number of aryl methyl sites for hydroxylation is 1. The van der Waals surface area contributed by atoms with Crippen molar-refractivity contribution in [2.24, 2.45) is 17.6 Å². The summed E-state index contributed by atoms with van der Waals surface area (Å²) in [5.74, 6) is -5.11. The van der Waals surface area contributed by atoms with Gasteiger partial charge in [0.2, 0.25) is 11.6 Å². The standard InChI is InChI=1S/C27H25NO7/c1-13-7-8-18(29)21-17(13)10-15-9-16-11-19(35-12-14-5-3-2-4-6-14)22(26(28)33)25(32)27(16,34)24(31)20(15)23(21)30/h2-8,15-16,29-30,34H,9-12H2,1H3,(H2,28,33)/t15-,16+,27+/m1/s1. The Morgan fingerprint density at radius 1 is 1.09 bits per heavy atom. The summed E-state index contributed by atoms with van der Waals surface area (Å²) in [5, 5.41) is 32.8. The maximum Gasteiger partial charge on any atom is 0.255 e. The molecule has 1 saturated carbocycles.